The lowest BCUT2D eigenvalue weighted by Gasteiger charge is -2.17. The number of hydrogen-bond donors (Lipinski definition) is 1. The zero-order chi connectivity index (χ0) is 20.0. The fraction of sp³-hybridized carbons (Fsp3) is 0.286. The van der Waals surface area contributed by atoms with E-state index in [1.54, 1.807) is 42.5 Å². The molecule has 0 saturated heterocycles. The molecule has 0 heterocycles. The second kappa shape index (κ2) is 9.33. The summed E-state index contributed by atoms with van der Waals surface area (Å²) in [6, 6.07) is 12.7. The molecule has 1 N–H and O–H groups in total. The van der Waals surface area contributed by atoms with Crippen molar-refractivity contribution in [2.24, 2.45) is 5.92 Å². The van der Waals surface area contributed by atoms with E-state index in [2.05, 4.69) is 5.32 Å². The number of nitrogens with one attached hydrogen (secondary N) is 1. The van der Waals surface area contributed by atoms with Crippen LogP contribution >= 0.6 is 11.6 Å². The number of ketones is 1. The van der Waals surface area contributed by atoms with E-state index >= 15 is 0 Å². The molecule has 0 saturated carbocycles. The molecule has 5 nitrogen and oxygen atoms in total. The Morgan fingerprint density at radius 3 is 2.15 bits per heavy atom. The second-order valence-electron chi connectivity index (χ2n) is 6.56. The Labute approximate surface area is 163 Å². The Bertz CT molecular complexity index is 830. The molecular formula is C21H22ClNO4. The first-order chi connectivity index (χ1) is 12.8. The van der Waals surface area contributed by atoms with Crippen LogP contribution in [-0.4, -0.2) is 30.3 Å². The Morgan fingerprint density at radius 1 is 0.963 bits per heavy atom. The van der Waals surface area contributed by atoms with Gasteiger partial charge in [-0.1, -0.05) is 43.6 Å². The van der Waals surface area contributed by atoms with Crippen molar-refractivity contribution >= 4 is 29.3 Å². The molecule has 2 rings (SSSR count). The lowest BCUT2D eigenvalue weighted by Crippen LogP contribution is -2.38. The number of esters is 1. The van der Waals surface area contributed by atoms with Crippen LogP contribution in [0.5, 0.6) is 0 Å². The smallest absolute Gasteiger partial charge is 0.339 e. The highest BCUT2D eigenvalue weighted by molar-refractivity contribution is 6.30. The summed E-state index contributed by atoms with van der Waals surface area (Å²) in [5, 5.41) is 3.27. The molecule has 1 amide bonds. The van der Waals surface area contributed by atoms with Gasteiger partial charge >= 0.3 is 5.97 Å². The van der Waals surface area contributed by atoms with E-state index in [0.717, 1.165) is 0 Å². The van der Waals surface area contributed by atoms with Crippen molar-refractivity contribution in [2.45, 2.75) is 26.8 Å². The Hall–Kier alpha value is -2.66. The zero-order valence-corrected chi connectivity index (χ0v) is 16.2. The lowest BCUT2D eigenvalue weighted by molar-refractivity contribution is -0.125. The molecule has 2 aromatic carbocycles. The monoisotopic (exact) mass is 387 g/mol. The van der Waals surface area contributed by atoms with Crippen molar-refractivity contribution in [3.63, 3.8) is 0 Å². The van der Waals surface area contributed by atoms with Crippen LogP contribution in [-0.2, 0) is 9.53 Å². The molecule has 1 atom stereocenters. The standard InChI is InChI=1S/C21H22ClNO4/c1-13(2)14(3)23-19(24)12-27-21(26)18-7-5-4-6-17(18)20(25)15-8-10-16(22)11-9-15/h4-11,13-14H,12H2,1-3H3,(H,23,24)/t14-/m0/s1. The molecule has 0 unspecified atom stereocenters. The van der Waals surface area contributed by atoms with E-state index in [-0.39, 0.29) is 34.8 Å². The van der Waals surface area contributed by atoms with E-state index in [1.165, 1.54) is 6.07 Å². The lowest BCUT2D eigenvalue weighted by atomic mass is 9.98. The van der Waals surface area contributed by atoms with Gasteiger partial charge in [0.15, 0.2) is 12.4 Å². The first-order valence-electron chi connectivity index (χ1n) is 8.65. The molecule has 0 aliphatic rings. The van der Waals surface area contributed by atoms with Gasteiger partial charge in [0.1, 0.15) is 0 Å². The first-order valence-corrected chi connectivity index (χ1v) is 9.03. The highest BCUT2D eigenvalue weighted by Gasteiger charge is 2.20. The quantitative estimate of drug-likeness (QED) is 0.578. The minimum absolute atomic E-state index is 0.0324. The molecule has 27 heavy (non-hydrogen) atoms. The summed E-state index contributed by atoms with van der Waals surface area (Å²) in [7, 11) is 0. The maximum Gasteiger partial charge on any atom is 0.339 e. The first kappa shape index (κ1) is 20.6. The summed E-state index contributed by atoms with van der Waals surface area (Å²) in [5.41, 5.74) is 0.728. The van der Waals surface area contributed by atoms with E-state index < -0.39 is 12.6 Å². The van der Waals surface area contributed by atoms with E-state index in [1.807, 2.05) is 20.8 Å². The van der Waals surface area contributed by atoms with Crippen LogP contribution in [0.1, 0.15) is 47.1 Å². The molecule has 0 aliphatic carbocycles. The van der Waals surface area contributed by atoms with Gasteiger partial charge < -0.3 is 10.1 Å². The van der Waals surface area contributed by atoms with Crippen molar-refractivity contribution in [3.05, 3.63) is 70.2 Å². The zero-order valence-electron chi connectivity index (χ0n) is 15.5. The van der Waals surface area contributed by atoms with Crippen LogP contribution < -0.4 is 5.32 Å². The fourth-order valence-corrected chi connectivity index (χ4v) is 2.41. The van der Waals surface area contributed by atoms with Gasteiger partial charge in [0.2, 0.25) is 0 Å². The largest absolute Gasteiger partial charge is 0.452 e. The van der Waals surface area contributed by atoms with Crippen LogP contribution in [0.4, 0.5) is 0 Å². The second-order valence-corrected chi connectivity index (χ2v) is 6.99. The molecule has 2 aromatic rings. The van der Waals surface area contributed by atoms with Gasteiger partial charge in [0.25, 0.3) is 5.91 Å². The summed E-state index contributed by atoms with van der Waals surface area (Å²) in [6.07, 6.45) is 0. The predicted octanol–water partition coefficient (Wildman–Crippen LogP) is 3.89. The van der Waals surface area contributed by atoms with Crippen molar-refractivity contribution in [2.75, 3.05) is 6.61 Å². The number of ether oxygens (including phenoxy) is 1. The summed E-state index contributed by atoms with van der Waals surface area (Å²) in [5.74, 6) is -1.16. The van der Waals surface area contributed by atoms with Crippen molar-refractivity contribution in [1.82, 2.24) is 5.32 Å². The normalized spacial score (nSPS) is 11.7. The van der Waals surface area contributed by atoms with E-state index in [0.29, 0.717) is 10.6 Å². The van der Waals surface area contributed by atoms with Gasteiger partial charge in [-0.05, 0) is 43.2 Å². The van der Waals surface area contributed by atoms with Crippen molar-refractivity contribution in [3.8, 4) is 0 Å². The van der Waals surface area contributed by atoms with Crippen LogP contribution in [0.15, 0.2) is 48.5 Å². The molecule has 0 bridgehead atoms. The van der Waals surface area contributed by atoms with E-state index in [9.17, 15) is 14.4 Å². The number of hydrogen-bond acceptors (Lipinski definition) is 4. The number of carbonyl (C=O) groups is 3. The minimum Gasteiger partial charge on any atom is -0.452 e. The van der Waals surface area contributed by atoms with Gasteiger partial charge in [0.05, 0.1) is 5.56 Å². The van der Waals surface area contributed by atoms with Crippen LogP contribution in [0.25, 0.3) is 0 Å². The molecule has 142 valence electrons. The highest BCUT2D eigenvalue weighted by atomic mass is 35.5. The molecule has 0 aliphatic heterocycles. The minimum atomic E-state index is -0.722. The van der Waals surface area contributed by atoms with Gasteiger partial charge in [0, 0.05) is 22.2 Å². The summed E-state index contributed by atoms with van der Waals surface area (Å²) < 4.78 is 5.09. The third-order valence-electron chi connectivity index (χ3n) is 4.22. The Balaban J connectivity index is 2.10. The molecule has 6 heteroatoms. The molecule has 0 fully saturated rings. The highest BCUT2D eigenvalue weighted by Crippen LogP contribution is 2.18. The topological polar surface area (TPSA) is 72.5 Å². The Kier molecular flexibility index (Phi) is 7.13. The van der Waals surface area contributed by atoms with Gasteiger partial charge in [-0.25, -0.2) is 4.79 Å². The molecule has 0 aromatic heterocycles. The molecular weight excluding hydrogens is 366 g/mol. The van der Waals surface area contributed by atoms with Gasteiger partial charge in [-0.15, -0.1) is 0 Å². The van der Waals surface area contributed by atoms with Crippen LogP contribution in [0.2, 0.25) is 5.02 Å². The predicted molar refractivity (Wildman–Crippen MR) is 104 cm³/mol. The summed E-state index contributed by atoms with van der Waals surface area (Å²) in [6.45, 7) is 5.44. The fourth-order valence-electron chi connectivity index (χ4n) is 2.29. The number of halogens is 1. The number of rotatable bonds is 7. The number of amides is 1. The maximum atomic E-state index is 12.7. The van der Waals surface area contributed by atoms with Crippen molar-refractivity contribution in [1.29, 1.82) is 0 Å². The van der Waals surface area contributed by atoms with Gasteiger partial charge in [-0.3, -0.25) is 9.59 Å². The van der Waals surface area contributed by atoms with Crippen LogP contribution in [0.3, 0.4) is 0 Å². The number of carbonyl (C=O) groups excluding carboxylic acids is 3. The average molecular weight is 388 g/mol. The number of benzene rings is 2. The average Bonchev–Trinajstić information content (AvgIpc) is 2.66. The Morgan fingerprint density at radius 2 is 1.56 bits per heavy atom. The molecule has 0 spiro atoms. The summed E-state index contributed by atoms with van der Waals surface area (Å²) >= 11 is 5.85. The third kappa shape index (κ3) is 5.66. The van der Waals surface area contributed by atoms with Gasteiger partial charge in [-0.2, -0.15) is 0 Å². The molecule has 0 radical (unpaired) electrons. The van der Waals surface area contributed by atoms with Crippen LogP contribution in [0, 0.1) is 5.92 Å². The van der Waals surface area contributed by atoms with Crippen molar-refractivity contribution < 1.29 is 19.1 Å². The summed E-state index contributed by atoms with van der Waals surface area (Å²) in [4.78, 5) is 37.0. The van der Waals surface area contributed by atoms with E-state index in [4.69, 9.17) is 16.3 Å². The third-order valence-corrected chi connectivity index (χ3v) is 4.47. The maximum absolute atomic E-state index is 12.7. The SMILES string of the molecule is CC(C)[C@H](C)NC(=O)COC(=O)c1ccccc1C(=O)c1ccc(Cl)cc1.